The van der Waals surface area contributed by atoms with Crippen LogP contribution in [0.1, 0.15) is 32.1 Å². The number of nitrogens with one attached hydrogen (secondary N) is 1. The lowest BCUT2D eigenvalue weighted by Crippen LogP contribution is -2.38. The lowest BCUT2D eigenvalue weighted by molar-refractivity contribution is -0.123. The van der Waals surface area contributed by atoms with Gasteiger partial charge < -0.3 is 5.32 Å². The number of carbonyl (C=O) groups excluding carboxylic acids is 2. The van der Waals surface area contributed by atoms with Crippen LogP contribution in [0.3, 0.4) is 0 Å². The fourth-order valence-electron chi connectivity index (χ4n) is 1.81. The summed E-state index contributed by atoms with van der Waals surface area (Å²) < 4.78 is 0. The van der Waals surface area contributed by atoms with Crippen LogP contribution in [0.25, 0.3) is 0 Å². The molecule has 0 aromatic carbocycles. The van der Waals surface area contributed by atoms with Gasteiger partial charge in [-0.25, -0.2) is 0 Å². The Morgan fingerprint density at radius 1 is 1.19 bits per heavy atom. The van der Waals surface area contributed by atoms with Crippen LogP contribution in [-0.4, -0.2) is 42.8 Å². The molecule has 2 fully saturated rings. The van der Waals surface area contributed by atoms with Gasteiger partial charge in [0.1, 0.15) is 5.78 Å². The number of ketones is 1. The van der Waals surface area contributed by atoms with Crippen molar-refractivity contribution in [2.45, 2.75) is 38.1 Å². The second-order valence-electron chi connectivity index (χ2n) is 5.20. The summed E-state index contributed by atoms with van der Waals surface area (Å²) in [6.45, 7) is 0.751. The summed E-state index contributed by atoms with van der Waals surface area (Å²) in [6, 6.07) is 0.406. The van der Waals surface area contributed by atoms with Gasteiger partial charge in [0.05, 0.1) is 13.1 Å². The number of amides is 1. The zero-order valence-corrected chi connectivity index (χ0v) is 9.87. The van der Waals surface area contributed by atoms with Gasteiger partial charge in [0, 0.05) is 12.5 Å². The average Bonchev–Trinajstić information content (AvgIpc) is 2.98. The van der Waals surface area contributed by atoms with E-state index in [0.29, 0.717) is 31.5 Å². The van der Waals surface area contributed by atoms with Crippen LogP contribution in [0.2, 0.25) is 0 Å². The molecule has 0 saturated heterocycles. The van der Waals surface area contributed by atoms with Crippen LogP contribution in [0.4, 0.5) is 0 Å². The minimum atomic E-state index is 0.0456. The van der Waals surface area contributed by atoms with Crippen LogP contribution in [0.5, 0.6) is 0 Å². The first-order chi connectivity index (χ1) is 7.63. The molecule has 4 nitrogen and oxygen atoms in total. The number of Topliss-reactive ketones (excluding diaryl/α,β-unsaturated/α-hetero) is 1. The maximum atomic E-state index is 11.5. The number of likely N-dealkylation sites (N-methyl/N-ethyl adjacent to an activating group) is 1. The molecule has 2 aliphatic rings. The van der Waals surface area contributed by atoms with Gasteiger partial charge in [0.2, 0.25) is 5.91 Å². The molecule has 2 aliphatic carbocycles. The van der Waals surface area contributed by atoms with E-state index in [4.69, 9.17) is 0 Å². The van der Waals surface area contributed by atoms with Gasteiger partial charge in [-0.3, -0.25) is 14.5 Å². The highest BCUT2D eigenvalue weighted by atomic mass is 16.2. The number of nitrogens with zero attached hydrogens (tertiary/aromatic N) is 1. The van der Waals surface area contributed by atoms with Crippen molar-refractivity contribution in [3.8, 4) is 0 Å². The van der Waals surface area contributed by atoms with Crippen molar-refractivity contribution >= 4 is 11.7 Å². The van der Waals surface area contributed by atoms with Crippen molar-refractivity contribution in [3.05, 3.63) is 0 Å². The molecule has 0 heterocycles. The average molecular weight is 224 g/mol. The molecule has 16 heavy (non-hydrogen) atoms. The van der Waals surface area contributed by atoms with Crippen LogP contribution in [0, 0.1) is 5.92 Å². The predicted octanol–water partition coefficient (Wildman–Crippen LogP) is 0.566. The molecule has 0 atom stereocenters. The van der Waals surface area contributed by atoms with Crippen molar-refractivity contribution < 1.29 is 9.59 Å². The zero-order valence-electron chi connectivity index (χ0n) is 9.87. The Labute approximate surface area is 96.4 Å². The Hall–Kier alpha value is -0.900. The Morgan fingerprint density at radius 2 is 1.88 bits per heavy atom. The van der Waals surface area contributed by atoms with E-state index in [1.54, 1.807) is 0 Å². The predicted molar refractivity (Wildman–Crippen MR) is 61.0 cm³/mol. The van der Waals surface area contributed by atoms with Crippen molar-refractivity contribution in [3.63, 3.8) is 0 Å². The van der Waals surface area contributed by atoms with Gasteiger partial charge in [-0.05, 0) is 38.6 Å². The molecule has 0 spiro atoms. The van der Waals surface area contributed by atoms with E-state index in [9.17, 15) is 9.59 Å². The molecule has 0 aromatic rings. The molecule has 0 aliphatic heterocycles. The molecule has 4 heteroatoms. The molecule has 0 bridgehead atoms. The van der Waals surface area contributed by atoms with Gasteiger partial charge >= 0.3 is 0 Å². The van der Waals surface area contributed by atoms with E-state index < -0.39 is 0 Å². The molecule has 1 N–H and O–H groups in total. The minimum Gasteiger partial charge on any atom is -0.352 e. The van der Waals surface area contributed by atoms with Crippen molar-refractivity contribution in [2.75, 3.05) is 20.1 Å². The Bertz CT molecular complexity index is 255. The first-order valence-corrected chi connectivity index (χ1v) is 6.13. The first kappa shape index (κ1) is 11.6. The van der Waals surface area contributed by atoms with E-state index in [1.165, 1.54) is 12.8 Å². The van der Waals surface area contributed by atoms with E-state index in [1.807, 2.05) is 11.9 Å². The lowest BCUT2D eigenvalue weighted by atomic mass is 10.2. The molecule has 0 radical (unpaired) electrons. The topological polar surface area (TPSA) is 49.4 Å². The molecule has 2 rings (SSSR count). The van der Waals surface area contributed by atoms with E-state index in [0.717, 1.165) is 12.8 Å². The highest BCUT2D eigenvalue weighted by molar-refractivity contribution is 5.83. The highest BCUT2D eigenvalue weighted by Gasteiger charge is 2.26. The highest BCUT2D eigenvalue weighted by Crippen LogP contribution is 2.32. The molecule has 1 amide bonds. The number of hydrogen-bond donors (Lipinski definition) is 1. The third-order valence-corrected chi connectivity index (χ3v) is 3.02. The van der Waals surface area contributed by atoms with Crippen LogP contribution < -0.4 is 5.32 Å². The van der Waals surface area contributed by atoms with Crippen molar-refractivity contribution in [1.82, 2.24) is 10.2 Å². The lowest BCUT2D eigenvalue weighted by Gasteiger charge is -2.15. The zero-order chi connectivity index (χ0) is 11.5. The monoisotopic (exact) mass is 224 g/mol. The summed E-state index contributed by atoms with van der Waals surface area (Å²) in [7, 11) is 1.83. The summed E-state index contributed by atoms with van der Waals surface area (Å²) in [6.07, 6.45) is 5.33. The number of carbonyl (C=O) groups is 2. The van der Waals surface area contributed by atoms with Crippen molar-refractivity contribution in [1.29, 1.82) is 0 Å². The normalized spacial score (nSPS) is 19.9. The Kier molecular flexibility index (Phi) is 3.59. The molecule has 90 valence electrons. The van der Waals surface area contributed by atoms with E-state index >= 15 is 0 Å². The number of rotatable bonds is 7. The fourth-order valence-corrected chi connectivity index (χ4v) is 1.81. The van der Waals surface area contributed by atoms with E-state index in [-0.39, 0.29) is 11.7 Å². The van der Waals surface area contributed by atoms with Gasteiger partial charge in [0.25, 0.3) is 0 Å². The quantitative estimate of drug-likeness (QED) is 0.687. The maximum Gasteiger partial charge on any atom is 0.234 e. The standard InChI is InChI=1S/C12H20N2O2/c1-14(7-11(15)6-9-2-3-9)8-12(16)13-10-4-5-10/h9-10H,2-8H2,1H3,(H,13,16). The van der Waals surface area contributed by atoms with Gasteiger partial charge in [-0.15, -0.1) is 0 Å². The molecule has 0 unspecified atom stereocenters. The van der Waals surface area contributed by atoms with Gasteiger partial charge in [-0.1, -0.05) is 0 Å². The van der Waals surface area contributed by atoms with Gasteiger partial charge in [-0.2, -0.15) is 0 Å². The SMILES string of the molecule is CN(CC(=O)CC1CC1)CC(=O)NC1CC1. The smallest absolute Gasteiger partial charge is 0.234 e. The summed E-state index contributed by atoms with van der Waals surface area (Å²) in [5.41, 5.74) is 0. The third kappa shape index (κ3) is 4.31. The summed E-state index contributed by atoms with van der Waals surface area (Å²) in [5.74, 6) is 0.953. The summed E-state index contributed by atoms with van der Waals surface area (Å²) in [5, 5.41) is 2.92. The molecule has 2 saturated carbocycles. The molecular weight excluding hydrogens is 204 g/mol. The largest absolute Gasteiger partial charge is 0.352 e. The molecular formula is C12H20N2O2. The summed E-state index contributed by atoms with van der Waals surface area (Å²) >= 11 is 0. The maximum absolute atomic E-state index is 11.5. The van der Waals surface area contributed by atoms with Crippen LogP contribution >= 0.6 is 0 Å². The second kappa shape index (κ2) is 4.95. The fraction of sp³-hybridized carbons (Fsp3) is 0.833. The number of hydrogen-bond acceptors (Lipinski definition) is 3. The molecule has 0 aromatic heterocycles. The first-order valence-electron chi connectivity index (χ1n) is 6.13. The second-order valence-corrected chi connectivity index (χ2v) is 5.20. The third-order valence-electron chi connectivity index (χ3n) is 3.02. The summed E-state index contributed by atoms with van der Waals surface area (Å²) in [4.78, 5) is 24.8. The van der Waals surface area contributed by atoms with Crippen LogP contribution in [0.15, 0.2) is 0 Å². The van der Waals surface area contributed by atoms with E-state index in [2.05, 4.69) is 5.32 Å². The Morgan fingerprint density at radius 3 is 2.44 bits per heavy atom. The Balaban J connectivity index is 1.59. The van der Waals surface area contributed by atoms with Crippen LogP contribution in [-0.2, 0) is 9.59 Å². The van der Waals surface area contributed by atoms with Gasteiger partial charge in [0.15, 0.2) is 0 Å². The van der Waals surface area contributed by atoms with Crippen molar-refractivity contribution in [2.24, 2.45) is 5.92 Å². The minimum absolute atomic E-state index is 0.0456.